The minimum atomic E-state index is -0.147. The van der Waals surface area contributed by atoms with Crippen LogP contribution in [0.2, 0.25) is 0 Å². The molecule has 1 heterocycles. The van der Waals surface area contributed by atoms with Gasteiger partial charge >= 0.3 is 0 Å². The zero-order chi connectivity index (χ0) is 13.5. The summed E-state index contributed by atoms with van der Waals surface area (Å²) in [6.07, 6.45) is 0.984. The van der Waals surface area contributed by atoms with E-state index in [0.717, 1.165) is 24.0 Å². The van der Waals surface area contributed by atoms with Crippen molar-refractivity contribution in [1.29, 1.82) is 0 Å². The summed E-state index contributed by atoms with van der Waals surface area (Å²) in [5.41, 5.74) is 0.720. The Kier molecular flexibility index (Phi) is 5.12. The van der Waals surface area contributed by atoms with Crippen molar-refractivity contribution in [2.75, 3.05) is 26.4 Å². The highest BCUT2D eigenvalue weighted by molar-refractivity contribution is 5.98. The van der Waals surface area contributed by atoms with Crippen molar-refractivity contribution in [3.05, 3.63) is 36.1 Å². The number of para-hydroxylation sites is 1. The topological polar surface area (TPSA) is 48.7 Å². The Labute approximate surface area is 112 Å². The third kappa shape index (κ3) is 3.91. The fraction of sp³-hybridized carbons (Fsp3) is 0.400. The molecule has 0 saturated carbocycles. The number of hydrogen-bond acceptors (Lipinski definition) is 4. The zero-order valence-electron chi connectivity index (χ0n) is 11.1. The molecule has 2 aromatic rings. The number of rotatable bonds is 8. The van der Waals surface area contributed by atoms with Crippen LogP contribution < -0.4 is 0 Å². The molecule has 0 aliphatic carbocycles. The average molecular weight is 262 g/mol. The summed E-state index contributed by atoms with van der Waals surface area (Å²) in [4.78, 5) is 11.8. The lowest BCUT2D eigenvalue weighted by atomic mass is 10.2. The van der Waals surface area contributed by atoms with Crippen LogP contribution in [-0.4, -0.2) is 32.2 Å². The second-order valence-corrected chi connectivity index (χ2v) is 4.24. The van der Waals surface area contributed by atoms with Gasteiger partial charge in [0.1, 0.15) is 12.2 Å². The van der Waals surface area contributed by atoms with Crippen LogP contribution in [0.5, 0.6) is 0 Å². The minimum absolute atomic E-state index is 0.0231. The first-order valence-electron chi connectivity index (χ1n) is 6.48. The fourth-order valence-corrected chi connectivity index (χ4v) is 1.72. The van der Waals surface area contributed by atoms with Crippen molar-refractivity contribution < 1.29 is 18.7 Å². The van der Waals surface area contributed by atoms with E-state index in [1.807, 2.05) is 31.2 Å². The number of carbonyl (C=O) groups is 1. The molecule has 0 bridgehead atoms. The molecule has 0 aliphatic rings. The number of furan rings is 1. The molecular weight excluding hydrogens is 244 g/mol. The normalized spacial score (nSPS) is 11.0. The molecule has 0 N–H and O–H groups in total. The van der Waals surface area contributed by atoms with E-state index < -0.39 is 0 Å². The van der Waals surface area contributed by atoms with E-state index in [1.54, 1.807) is 6.07 Å². The minimum Gasteiger partial charge on any atom is -0.453 e. The Morgan fingerprint density at radius 3 is 2.74 bits per heavy atom. The van der Waals surface area contributed by atoms with E-state index >= 15 is 0 Å². The molecule has 2 rings (SSSR count). The molecule has 1 aromatic carbocycles. The van der Waals surface area contributed by atoms with Crippen LogP contribution >= 0.6 is 0 Å². The van der Waals surface area contributed by atoms with Gasteiger partial charge in [0, 0.05) is 12.0 Å². The maximum Gasteiger partial charge on any atom is 0.223 e. The lowest BCUT2D eigenvalue weighted by molar-refractivity contribution is 0.0430. The van der Waals surface area contributed by atoms with E-state index in [2.05, 4.69) is 0 Å². The Morgan fingerprint density at radius 1 is 1.16 bits per heavy atom. The summed E-state index contributed by atoms with van der Waals surface area (Å²) in [5, 5.41) is 0.928. The van der Waals surface area contributed by atoms with Gasteiger partial charge in [0.2, 0.25) is 5.78 Å². The predicted molar refractivity (Wildman–Crippen MR) is 72.5 cm³/mol. The van der Waals surface area contributed by atoms with Crippen molar-refractivity contribution >= 4 is 16.8 Å². The van der Waals surface area contributed by atoms with Crippen LogP contribution in [-0.2, 0) is 9.47 Å². The lowest BCUT2D eigenvalue weighted by Gasteiger charge is -2.03. The van der Waals surface area contributed by atoms with Crippen molar-refractivity contribution in [2.24, 2.45) is 0 Å². The Bertz CT molecular complexity index is 497. The van der Waals surface area contributed by atoms with E-state index in [4.69, 9.17) is 13.9 Å². The van der Waals surface area contributed by atoms with Gasteiger partial charge in [-0.1, -0.05) is 25.1 Å². The molecule has 4 nitrogen and oxygen atoms in total. The number of hydrogen-bond donors (Lipinski definition) is 0. The molecule has 0 fully saturated rings. The number of benzene rings is 1. The van der Waals surface area contributed by atoms with E-state index in [9.17, 15) is 4.79 Å². The number of fused-ring (bicyclic) bond motifs is 1. The van der Waals surface area contributed by atoms with Crippen molar-refractivity contribution in [3.8, 4) is 0 Å². The van der Waals surface area contributed by atoms with Crippen molar-refractivity contribution in [2.45, 2.75) is 13.3 Å². The molecule has 0 spiro atoms. The molecule has 0 amide bonds. The molecule has 19 heavy (non-hydrogen) atoms. The summed E-state index contributed by atoms with van der Waals surface area (Å²) in [5.74, 6) is 0.197. The summed E-state index contributed by atoms with van der Waals surface area (Å²) < 4.78 is 16.0. The van der Waals surface area contributed by atoms with Crippen LogP contribution in [0.25, 0.3) is 11.0 Å². The second kappa shape index (κ2) is 7.07. The molecule has 0 aliphatic heterocycles. The maximum atomic E-state index is 11.8. The van der Waals surface area contributed by atoms with Crippen LogP contribution in [0.3, 0.4) is 0 Å². The SMILES string of the molecule is CCCOCCOCC(=O)c1cc2ccccc2o1. The quantitative estimate of drug-likeness (QED) is 0.542. The highest BCUT2D eigenvalue weighted by Gasteiger charge is 2.11. The molecule has 4 heteroatoms. The van der Waals surface area contributed by atoms with Gasteiger partial charge in [-0.25, -0.2) is 0 Å². The largest absolute Gasteiger partial charge is 0.453 e. The van der Waals surface area contributed by atoms with E-state index in [-0.39, 0.29) is 12.4 Å². The molecule has 1 aromatic heterocycles. The first kappa shape index (κ1) is 13.8. The Morgan fingerprint density at radius 2 is 1.95 bits per heavy atom. The first-order valence-corrected chi connectivity index (χ1v) is 6.48. The van der Waals surface area contributed by atoms with Gasteiger partial charge in [0.15, 0.2) is 5.76 Å². The van der Waals surface area contributed by atoms with Gasteiger partial charge in [0.25, 0.3) is 0 Å². The van der Waals surface area contributed by atoms with Gasteiger partial charge in [0.05, 0.1) is 13.2 Å². The number of Topliss-reactive ketones (excluding diaryl/α,β-unsaturated/α-hetero) is 1. The highest BCUT2D eigenvalue weighted by atomic mass is 16.5. The van der Waals surface area contributed by atoms with Crippen LogP contribution in [0, 0.1) is 0 Å². The van der Waals surface area contributed by atoms with Crippen molar-refractivity contribution in [1.82, 2.24) is 0 Å². The average Bonchev–Trinajstić information content (AvgIpc) is 2.86. The number of carbonyl (C=O) groups excluding carboxylic acids is 1. The van der Waals surface area contributed by atoms with Gasteiger partial charge in [-0.05, 0) is 18.6 Å². The standard InChI is InChI=1S/C15H18O4/c1-2-7-17-8-9-18-11-13(16)15-10-12-5-3-4-6-14(12)19-15/h3-6,10H,2,7-9,11H2,1H3. The van der Waals surface area contributed by atoms with Crippen LogP contribution in [0.15, 0.2) is 34.7 Å². The lowest BCUT2D eigenvalue weighted by Crippen LogP contribution is -2.12. The summed E-state index contributed by atoms with van der Waals surface area (Å²) >= 11 is 0. The molecule has 0 radical (unpaired) electrons. The van der Waals surface area contributed by atoms with Gasteiger partial charge in [-0.15, -0.1) is 0 Å². The Hall–Kier alpha value is -1.65. The third-order valence-corrected chi connectivity index (χ3v) is 2.65. The summed E-state index contributed by atoms with van der Waals surface area (Å²) in [6.45, 7) is 3.73. The fourth-order valence-electron chi connectivity index (χ4n) is 1.72. The molecule has 0 unspecified atom stereocenters. The van der Waals surface area contributed by atoms with Gasteiger partial charge < -0.3 is 13.9 Å². The van der Waals surface area contributed by atoms with Crippen molar-refractivity contribution in [3.63, 3.8) is 0 Å². The molecule has 102 valence electrons. The van der Waals surface area contributed by atoms with E-state index in [0.29, 0.717) is 19.0 Å². The molecule has 0 saturated heterocycles. The first-order chi connectivity index (χ1) is 9.31. The van der Waals surface area contributed by atoms with E-state index in [1.165, 1.54) is 0 Å². The summed E-state index contributed by atoms with van der Waals surface area (Å²) in [7, 11) is 0. The third-order valence-electron chi connectivity index (χ3n) is 2.65. The second-order valence-electron chi connectivity index (χ2n) is 4.24. The molecular formula is C15H18O4. The van der Waals surface area contributed by atoms with Crippen LogP contribution in [0.4, 0.5) is 0 Å². The number of ether oxygens (including phenoxy) is 2. The smallest absolute Gasteiger partial charge is 0.223 e. The molecule has 0 atom stereocenters. The monoisotopic (exact) mass is 262 g/mol. The number of ketones is 1. The Balaban J connectivity index is 1.79. The van der Waals surface area contributed by atoms with Crippen LogP contribution in [0.1, 0.15) is 23.9 Å². The zero-order valence-corrected chi connectivity index (χ0v) is 11.1. The summed E-state index contributed by atoms with van der Waals surface area (Å²) in [6, 6.07) is 9.28. The van der Waals surface area contributed by atoms with Gasteiger partial charge in [-0.3, -0.25) is 4.79 Å². The van der Waals surface area contributed by atoms with Gasteiger partial charge in [-0.2, -0.15) is 0 Å². The maximum absolute atomic E-state index is 11.8. The highest BCUT2D eigenvalue weighted by Crippen LogP contribution is 2.19. The predicted octanol–water partition coefficient (Wildman–Crippen LogP) is 3.06.